The van der Waals surface area contributed by atoms with Crippen LogP contribution in [0.1, 0.15) is 38.9 Å². The van der Waals surface area contributed by atoms with Crippen molar-refractivity contribution in [1.29, 1.82) is 0 Å². The molecule has 20 heavy (non-hydrogen) atoms. The summed E-state index contributed by atoms with van der Waals surface area (Å²) in [5.41, 5.74) is 0.243. The summed E-state index contributed by atoms with van der Waals surface area (Å²) in [5.74, 6) is -1.09. The Labute approximate surface area is 117 Å². The maximum Gasteiger partial charge on any atom is 0.412 e. The van der Waals surface area contributed by atoms with Crippen LogP contribution in [0, 0.1) is 0 Å². The van der Waals surface area contributed by atoms with E-state index in [1.165, 1.54) is 6.07 Å². The minimum Gasteiger partial charge on any atom is -0.481 e. The minimum absolute atomic E-state index is 0.393. The molecule has 3 N–H and O–H groups in total. The van der Waals surface area contributed by atoms with Gasteiger partial charge in [0.2, 0.25) is 0 Å². The molecule has 6 heteroatoms. The van der Waals surface area contributed by atoms with Gasteiger partial charge in [-0.1, -0.05) is 12.1 Å². The number of aliphatic hydroxyl groups excluding tert-OH is 1. The van der Waals surface area contributed by atoms with Crippen LogP contribution in [0.5, 0.6) is 0 Å². The average Bonchev–Trinajstić information content (AvgIpc) is 2.25. The largest absolute Gasteiger partial charge is 0.481 e. The molecule has 0 saturated heterocycles. The lowest BCUT2D eigenvalue weighted by Gasteiger charge is -2.20. The van der Waals surface area contributed by atoms with E-state index in [2.05, 4.69) is 5.32 Å². The first-order valence-corrected chi connectivity index (χ1v) is 6.17. The average molecular weight is 281 g/mol. The molecule has 0 spiro atoms. The van der Waals surface area contributed by atoms with Crippen molar-refractivity contribution in [3.8, 4) is 0 Å². The van der Waals surface area contributed by atoms with E-state index in [4.69, 9.17) is 9.84 Å². The predicted molar refractivity (Wildman–Crippen MR) is 73.5 cm³/mol. The summed E-state index contributed by atoms with van der Waals surface area (Å²) in [6, 6.07) is 6.35. The Morgan fingerprint density at radius 1 is 1.35 bits per heavy atom. The van der Waals surface area contributed by atoms with E-state index in [0.29, 0.717) is 11.3 Å². The lowest BCUT2D eigenvalue weighted by Crippen LogP contribution is -2.27. The van der Waals surface area contributed by atoms with Crippen LogP contribution >= 0.6 is 0 Å². The molecule has 0 fully saturated rings. The summed E-state index contributed by atoms with van der Waals surface area (Å²) in [6.07, 6.45) is -2.12. The maximum atomic E-state index is 11.6. The molecule has 1 amide bonds. The number of amides is 1. The van der Waals surface area contributed by atoms with Crippen molar-refractivity contribution in [2.45, 2.75) is 38.9 Å². The molecule has 0 heterocycles. The molecule has 0 aliphatic heterocycles. The van der Waals surface area contributed by atoms with Crippen LogP contribution in [-0.4, -0.2) is 27.9 Å². The second-order valence-corrected chi connectivity index (χ2v) is 5.37. The number of aliphatic carboxylic acids is 1. The normalized spacial score (nSPS) is 12.6. The van der Waals surface area contributed by atoms with E-state index in [9.17, 15) is 14.7 Å². The van der Waals surface area contributed by atoms with Crippen LogP contribution in [0.25, 0.3) is 0 Å². The molecular weight excluding hydrogens is 262 g/mol. The number of ether oxygens (including phenoxy) is 1. The highest BCUT2D eigenvalue weighted by Crippen LogP contribution is 2.20. The molecule has 6 nitrogen and oxygen atoms in total. The zero-order chi connectivity index (χ0) is 15.3. The molecule has 0 aliphatic rings. The molecule has 1 aromatic rings. The standard InChI is InChI=1S/C14H19NO5/c1-14(2,3)20-13(19)15-10-6-4-5-9(7-10)11(16)8-12(17)18/h4-7,11,16H,8H2,1-3H3,(H,15,19)(H,17,18)/t11-/m0/s1. The van der Waals surface area contributed by atoms with Crippen molar-refractivity contribution in [3.05, 3.63) is 29.8 Å². The van der Waals surface area contributed by atoms with Gasteiger partial charge in [0.25, 0.3) is 0 Å². The van der Waals surface area contributed by atoms with Crippen molar-refractivity contribution in [3.63, 3.8) is 0 Å². The minimum atomic E-state index is -1.12. The summed E-state index contributed by atoms with van der Waals surface area (Å²) in [7, 11) is 0. The summed E-state index contributed by atoms with van der Waals surface area (Å²) < 4.78 is 5.10. The zero-order valence-electron chi connectivity index (χ0n) is 11.7. The Kier molecular flexibility index (Phi) is 5.10. The molecule has 0 saturated carbocycles. The number of hydrogen-bond donors (Lipinski definition) is 3. The first-order valence-electron chi connectivity index (χ1n) is 6.17. The Balaban J connectivity index is 2.73. The monoisotopic (exact) mass is 281 g/mol. The van der Waals surface area contributed by atoms with E-state index < -0.39 is 30.2 Å². The van der Waals surface area contributed by atoms with Crippen LogP contribution in [-0.2, 0) is 9.53 Å². The molecule has 1 aromatic carbocycles. The summed E-state index contributed by atoms with van der Waals surface area (Å²) in [6.45, 7) is 5.25. The Morgan fingerprint density at radius 3 is 2.55 bits per heavy atom. The highest BCUT2D eigenvalue weighted by molar-refractivity contribution is 5.85. The van der Waals surface area contributed by atoms with Crippen molar-refractivity contribution in [2.24, 2.45) is 0 Å². The van der Waals surface area contributed by atoms with Gasteiger partial charge in [-0.05, 0) is 38.5 Å². The van der Waals surface area contributed by atoms with Crippen molar-refractivity contribution >= 4 is 17.7 Å². The third kappa shape index (κ3) is 5.71. The maximum absolute atomic E-state index is 11.6. The highest BCUT2D eigenvalue weighted by atomic mass is 16.6. The first-order chi connectivity index (χ1) is 9.17. The van der Waals surface area contributed by atoms with Gasteiger partial charge < -0.3 is 14.9 Å². The summed E-state index contributed by atoms with van der Waals surface area (Å²) >= 11 is 0. The van der Waals surface area contributed by atoms with Crippen LogP contribution in [0.15, 0.2) is 24.3 Å². The number of carboxylic acids is 1. The van der Waals surface area contributed by atoms with Gasteiger partial charge in [0.15, 0.2) is 0 Å². The van der Waals surface area contributed by atoms with E-state index in [1.54, 1.807) is 39.0 Å². The molecular formula is C14H19NO5. The predicted octanol–water partition coefficient (Wildman–Crippen LogP) is 2.54. The fraction of sp³-hybridized carbons (Fsp3) is 0.429. The van der Waals surface area contributed by atoms with E-state index in [-0.39, 0.29) is 0 Å². The fourth-order valence-corrected chi connectivity index (χ4v) is 1.53. The third-order valence-electron chi connectivity index (χ3n) is 2.28. The number of benzene rings is 1. The highest BCUT2D eigenvalue weighted by Gasteiger charge is 2.17. The van der Waals surface area contributed by atoms with Crippen molar-refractivity contribution in [2.75, 3.05) is 5.32 Å². The number of nitrogens with one attached hydrogen (secondary N) is 1. The first kappa shape index (κ1) is 16.0. The summed E-state index contributed by atoms with van der Waals surface area (Å²) in [5, 5.41) is 20.9. The molecule has 0 bridgehead atoms. The molecule has 0 aliphatic carbocycles. The van der Waals surface area contributed by atoms with Gasteiger partial charge in [-0.15, -0.1) is 0 Å². The van der Waals surface area contributed by atoms with Gasteiger partial charge in [0.1, 0.15) is 5.60 Å². The number of carbonyl (C=O) groups is 2. The number of carboxylic acid groups (broad SMARTS) is 1. The number of anilines is 1. The Bertz CT molecular complexity index is 493. The van der Waals surface area contributed by atoms with E-state index in [0.717, 1.165) is 0 Å². The van der Waals surface area contributed by atoms with Gasteiger partial charge in [-0.2, -0.15) is 0 Å². The molecule has 110 valence electrons. The number of rotatable bonds is 4. The molecule has 1 atom stereocenters. The molecule has 0 radical (unpaired) electrons. The quantitative estimate of drug-likeness (QED) is 0.788. The number of carbonyl (C=O) groups excluding carboxylic acids is 1. The molecule has 0 unspecified atom stereocenters. The van der Waals surface area contributed by atoms with Crippen LogP contribution in [0.2, 0.25) is 0 Å². The lowest BCUT2D eigenvalue weighted by molar-refractivity contribution is -0.139. The van der Waals surface area contributed by atoms with Gasteiger partial charge in [0.05, 0.1) is 12.5 Å². The van der Waals surface area contributed by atoms with E-state index >= 15 is 0 Å². The van der Waals surface area contributed by atoms with Gasteiger partial charge in [-0.3, -0.25) is 10.1 Å². The molecule has 1 rings (SSSR count). The smallest absolute Gasteiger partial charge is 0.412 e. The Hall–Kier alpha value is -2.08. The van der Waals surface area contributed by atoms with Crippen molar-refractivity contribution in [1.82, 2.24) is 0 Å². The fourth-order valence-electron chi connectivity index (χ4n) is 1.53. The van der Waals surface area contributed by atoms with Crippen LogP contribution < -0.4 is 5.32 Å². The third-order valence-corrected chi connectivity index (χ3v) is 2.28. The number of hydrogen-bond acceptors (Lipinski definition) is 4. The topological polar surface area (TPSA) is 95.9 Å². The molecule has 0 aromatic heterocycles. The Morgan fingerprint density at radius 2 is 2.00 bits per heavy atom. The second-order valence-electron chi connectivity index (χ2n) is 5.37. The van der Waals surface area contributed by atoms with Gasteiger partial charge in [-0.25, -0.2) is 4.79 Å². The van der Waals surface area contributed by atoms with Crippen LogP contribution in [0.4, 0.5) is 10.5 Å². The van der Waals surface area contributed by atoms with Crippen LogP contribution in [0.3, 0.4) is 0 Å². The van der Waals surface area contributed by atoms with Gasteiger partial charge in [0, 0.05) is 5.69 Å². The number of aliphatic hydroxyl groups is 1. The zero-order valence-corrected chi connectivity index (χ0v) is 11.7. The SMILES string of the molecule is CC(C)(C)OC(=O)Nc1cccc([C@@H](O)CC(=O)O)c1. The van der Waals surface area contributed by atoms with Gasteiger partial charge >= 0.3 is 12.1 Å². The summed E-state index contributed by atoms with van der Waals surface area (Å²) in [4.78, 5) is 22.1. The van der Waals surface area contributed by atoms with Crippen molar-refractivity contribution < 1.29 is 24.5 Å². The second kappa shape index (κ2) is 6.38. The lowest BCUT2D eigenvalue weighted by atomic mass is 10.1. The van der Waals surface area contributed by atoms with E-state index in [1.807, 2.05) is 0 Å².